The Labute approximate surface area is 164 Å². The lowest BCUT2D eigenvalue weighted by Gasteiger charge is -2.31. The SMILES string of the molecule is Cn1cc(C(N)=O)c(C2CCCN(S(=O)(=O)c3ccc(C(C)(C)C)s3)C2)n1. The number of rotatable bonds is 4. The Balaban J connectivity index is 1.88. The summed E-state index contributed by atoms with van der Waals surface area (Å²) in [7, 11) is -1.84. The van der Waals surface area contributed by atoms with Crippen LogP contribution < -0.4 is 5.73 Å². The van der Waals surface area contributed by atoms with Gasteiger partial charge >= 0.3 is 0 Å². The van der Waals surface area contributed by atoms with E-state index in [1.165, 1.54) is 15.6 Å². The number of sulfonamides is 1. The number of hydrogen-bond donors (Lipinski definition) is 1. The van der Waals surface area contributed by atoms with Crippen LogP contribution in [0.5, 0.6) is 0 Å². The van der Waals surface area contributed by atoms with Crippen molar-refractivity contribution in [2.75, 3.05) is 13.1 Å². The van der Waals surface area contributed by atoms with Gasteiger partial charge < -0.3 is 5.73 Å². The number of aromatic nitrogens is 2. The fraction of sp³-hybridized carbons (Fsp3) is 0.556. The Morgan fingerprint density at radius 1 is 1.33 bits per heavy atom. The molecule has 0 aliphatic carbocycles. The van der Waals surface area contributed by atoms with Gasteiger partial charge in [-0.1, -0.05) is 20.8 Å². The van der Waals surface area contributed by atoms with Gasteiger partial charge in [0.15, 0.2) is 0 Å². The summed E-state index contributed by atoms with van der Waals surface area (Å²) in [6.45, 7) is 6.98. The molecule has 2 aromatic rings. The third kappa shape index (κ3) is 3.95. The number of amides is 1. The summed E-state index contributed by atoms with van der Waals surface area (Å²) >= 11 is 1.33. The monoisotopic (exact) mass is 410 g/mol. The van der Waals surface area contributed by atoms with Crippen LogP contribution in [-0.2, 0) is 22.5 Å². The summed E-state index contributed by atoms with van der Waals surface area (Å²) in [5.74, 6) is -0.676. The number of carbonyl (C=O) groups is 1. The van der Waals surface area contributed by atoms with Gasteiger partial charge in [0.25, 0.3) is 15.9 Å². The Morgan fingerprint density at radius 2 is 2.04 bits per heavy atom. The second-order valence-electron chi connectivity index (χ2n) is 8.04. The minimum atomic E-state index is -3.57. The predicted molar refractivity (Wildman–Crippen MR) is 105 cm³/mol. The Kier molecular flexibility index (Phi) is 5.22. The van der Waals surface area contributed by atoms with Gasteiger partial charge in [-0.3, -0.25) is 9.48 Å². The minimum Gasteiger partial charge on any atom is -0.365 e. The molecule has 2 N–H and O–H groups in total. The van der Waals surface area contributed by atoms with Gasteiger partial charge in [-0.15, -0.1) is 11.3 Å². The van der Waals surface area contributed by atoms with Crippen LogP contribution in [0, 0.1) is 0 Å². The number of nitrogens with two attached hydrogens (primary N) is 1. The molecule has 0 radical (unpaired) electrons. The van der Waals surface area contributed by atoms with Crippen molar-refractivity contribution in [2.24, 2.45) is 12.8 Å². The smallest absolute Gasteiger partial charge is 0.252 e. The maximum atomic E-state index is 13.1. The zero-order valence-electron chi connectivity index (χ0n) is 16.1. The molecule has 9 heteroatoms. The molecule has 1 atom stereocenters. The van der Waals surface area contributed by atoms with Crippen LogP contribution in [-0.4, -0.2) is 41.5 Å². The lowest BCUT2D eigenvalue weighted by atomic mass is 9.93. The van der Waals surface area contributed by atoms with Crippen molar-refractivity contribution in [3.05, 3.63) is 34.5 Å². The van der Waals surface area contributed by atoms with Gasteiger partial charge in [0.1, 0.15) is 4.21 Å². The quantitative estimate of drug-likeness (QED) is 0.837. The van der Waals surface area contributed by atoms with Crippen LogP contribution in [0.3, 0.4) is 0 Å². The molecule has 1 unspecified atom stereocenters. The second-order valence-corrected chi connectivity index (χ2v) is 11.3. The van der Waals surface area contributed by atoms with Crippen LogP contribution in [0.25, 0.3) is 0 Å². The fourth-order valence-electron chi connectivity index (χ4n) is 3.37. The first-order chi connectivity index (χ1) is 12.5. The van der Waals surface area contributed by atoms with Crippen molar-refractivity contribution in [3.8, 4) is 0 Å². The maximum Gasteiger partial charge on any atom is 0.252 e. The van der Waals surface area contributed by atoms with Gasteiger partial charge in [0.05, 0.1) is 11.3 Å². The highest BCUT2D eigenvalue weighted by Gasteiger charge is 2.35. The molecule has 7 nitrogen and oxygen atoms in total. The summed E-state index contributed by atoms with van der Waals surface area (Å²) in [6, 6.07) is 3.59. The van der Waals surface area contributed by atoms with E-state index in [1.807, 2.05) is 6.07 Å². The zero-order chi connectivity index (χ0) is 20.0. The Bertz CT molecular complexity index is 954. The summed E-state index contributed by atoms with van der Waals surface area (Å²) in [4.78, 5) is 12.8. The largest absolute Gasteiger partial charge is 0.365 e. The van der Waals surface area contributed by atoms with Crippen LogP contribution >= 0.6 is 11.3 Å². The highest BCUT2D eigenvalue weighted by atomic mass is 32.2. The lowest BCUT2D eigenvalue weighted by Crippen LogP contribution is -2.39. The number of aryl methyl sites for hydroxylation is 1. The van der Waals surface area contributed by atoms with Gasteiger partial charge in [-0.25, -0.2) is 8.42 Å². The molecule has 2 aromatic heterocycles. The summed E-state index contributed by atoms with van der Waals surface area (Å²) in [5.41, 5.74) is 6.33. The molecule has 1 saturated heterocycles. The average Bonchev–Trinajstić information content (AvgIpc) is 3.21. The van der Waals surface area contributed by atoms with Gasteiger partial charge in [-0.05, 0) is 30.4 Å². The highest BCUT2D eigenvalue weighted by molar-refractivity contribution is 7.91. The Morgan fingerprint density at radius 3 is 2.63 bits per heavy atom. The van der Waals surface area contributed by atoms with Gasteiger partial charge in [0, 0.05) is 37.1 Å². The van der Waals surface area contributed by atoms with Gasteiger partial charge in [0.2, 0.25) is 0 Å². The van der Waals surface area contributed by atoms with E-state index >= 15 is 0 Å². The second kappa shape index (κ2) is 7.03. The van der Waals surface area contributed by atoms with E-state index in [4.69, 9.17) is 5.73 Å². The first kappa shape index (κ1) is 20.0. The molecular formula is C18H26N4O3S2. The van der Waals surface area contributed by atoms with Crippen LogP contribution in [0.2, 0.25) is 0 Å². The maximum absolute atomic E-state index is 13.1. The van der Waals surface area contributed by atoms with E-state index in [1.54, 1.807) is 24.0 Å². The van der Waals surface area contributed by atoms with Crippen molar-refractivity contribution in [2.45, 2.75) is 49.2 Å². The highest BCUT2D eigenvalue weighted by Crippen LogP contribution is 2.36. The molecule has 0 spiro atoms. The number of nitrogens with zero attached hydrogens (tertiary/aromatic N) is 3. The molecule has 1 aliphatic rings. The van der Waals surface area contributed by atoms with Crippen LogP contribution in [0.15, 0.2) is 22.5 Å². The molecule has 148 valence electrons. The van der Waals surface area contributed by atoms with E-state index in [0.29, 0.717) is 28.6 Å². The van der Waals surface area contributed by atoms with Crippen LogP contribution in [0.4, 0.5) is 0 Å². The number of thiophene rings is 1. The predicted octanol–water partition coefficient (Wildman–Crippen LogP) is 2.45. The normalized spacial score (nSPS) is 19.3. The molecule has 1 fully saturated rings. The molecule has 3 heterocycles. The number of carbonyl (C=O) groups excluding carboxylic acids is 1. The number of hydrogen-bond acceptors (Lipinski definition) is 5. The van der Waals surface area contributed by atoms with Crippen molar-refractivity contribution < 1.29 is 13.2 Å². The third-order valence-electron chi connectivity index (χ3n) is 4.81. The minimum absolute atomic E-state index is 0.0901. The first-order valence-electron chi connectivity index (χ1n) is 8.94. The number of primary amides is 1. The van der Waals surface area contributed by atoms with E-state index in [9.17, 15) is 13.2 Å². The molecule has 3 rings (SSSR count). The van der Waals surface area contributed by atoms with E-state index < -0.39 is 15.9 Å². The summed E-state index contributed by atoms with van der Waals surface area (Å²) in [5, 5.41) is 4.38. The van der Waals surface area contributed by atoms with Crippen molar-refractivity contribution in [3.63, 3.8) is 0 Å². The molecule has 1 aliphatic heterocycles. The van der Waals surface area contributed by atoms with E-state index in [0.717, 1.165) is 17.7 Å². The standard InChI is InChI=1S/C18H26N4O3S2/c1-18(2,3)14-7-8-15(26-14)27(24,25)22-9-5-6-12(10-22)16-13(17(19)23)11-21(4)20-16/h7-8,11-12H,5-6,9-10H2,1-4H3,(H2,19,23). The molecule has 0 aromatic carbocycles. The number of piperidine rings is 1. The average molecular weight is 411 g/mol. The van der Waals surface area contributed by atoms with Crippen LogP contribution in [0.1, 0.15) is 60.5 Å². The zero-order valence-corrected chi connectivity index (χ0v) is 17.7. The lowest BCUT2D eigenvalue weighted by molar-refractivity contribution is 0.0998. The van der Waals surface area contributed by atoms with Gasteiger partial charge in [-0.2, -0.15) is 9.40 Å². The van der Waals surface area contributed by atoms with E-state index in [-0.39, 0.29) is 11.3 Å². The first-order valence-corrected chi connectivity index (χ1v) is 11.2. The van der Waals surface area contributed by atoms with E-state index in [2.05, 4.69) is 25.9 Å². The Hall–Kier alpha value is -1.71. The molecular weight excluding hydrogens is 384 g/mol. The summed E-state index contributed by atoms with van der Waals surface area (Å²) < 4.78 is 29.7. The topological polar surface area (TPSA) is 98.3 Å². The fourth-order valence-corrected chi connectivity index (χ4v) is 6.41. The molecule has 1 amide bonds. The van der Waals surface area contributed by atoms with Crippen molar-refractivity contribution in [1.29, 1.82) is 0 Å². The molecule has 0 saturated carbocycles. The molecule has 0 bridgehead atoms. The van der Waals surface area contributed by atoms with Crippen molar-refractivity contribution in [1.82, 2.24) is 14.1 Å². The summed E-state index contributed by atoms with van der Waals surface area (Å²) in [6.07, 6.45) is 3.09. The third-order valence-corrected chi connectivity index (χ3v) is 8.65. The molecule has 27 heavy (non-hydrogen) atoms. The van der Waals surface area contributed by atoms with Crippen molar-refractivity contribution >= 4 is 27.3 Å².